The maximum Gasteiger partial charge on any atom is 0.490 e. The Morgan fingerprint density at radius 1 is 1.06 bits per heavy atom. The van der Waals surface area contributed by atoms with Gasteiger partial charge in [0.15, 0.2) is 0 Å². The highest BCUT2D eigenvalue weighted by molar-refractivity contribution is 7.09. The van der Waals surface area contributed by atoms with Crippen molar-refractivity contribution < 1.29 is 50.9 Å². The minimum absolute atomic E-state index is 0.602. The van der Waals surface area contributed by atoms with Gasteiger partial charge in [-0.2, -0.15) is 26.3 Å². The maximum atomic E-state index is 10.6. The van der Waals surface area contributed by atoms with Crippen LogP contribution in [-0.4, -0.2) is 90.7 Å². The molecule has 0 atom stereocenters. The lowest BCUT2D eigenvalue weighted by atomic mass is 9.79. The summed E-state index contributed by atoms with van der Waals surface area (Å²) in [5, 5.41) is 16.4. The fraction of sp³-hybridized carbons (Fsp3) is 0.667. The molecule has 1 spiro atoms. The summed E-state index contributed by atoms with van der Waals surface area (Å²) in [6.45, 7) is 8.23. The summed E-state index contributed by atoms with van der Waals surface area (Å²) in [6.07, 6.45) is -8.79. The lowest BCUT2D eigenvalue weighted by molar-refractivity contribution is -0.193. The topological polar surface area (TPSA) is 90.3 Å². The standard InChI is InChI=1S/C14H22N2OS.2C2HF3O2/c1-17-7-6-15-5-4-14(10-15)11-16(12-14)9-13-3-2-8-18-13;2*3-2(4,5)1(6)7/h2-3,8H,4-7,9-12H2,1H3;2*(H,6,7). The van der Waals surface area contributed by atoms with E-state index in [9.17, 15) is 26.3 Å². The molecule has 7 nitrogen and oxygen atoms in total. The fourth-order valence-corrected chi connectivity index (χ4v) is 4.08. The number of ether oxygens (including phenoxy) is 1. The molecule has 0 bridgehead atoms. The summed E-state index contributed by atoms with van der Waals surface area (Å²) in [5.74, 6) is -5.51. The van der Waals surface area contributed by atoms with Gasteiger partial charge in [-0.1, -0.05) is 6.07 Å². The van der Waals surface area contributed by atoms with Crippen LogP contribution in [0.15, 0.2) is 17.5 Å². The molecule has 1 aromatic heterocycles. The minimum Gasteiger partial charge on any atom is -0.475 e. The molecule has 0 aliphatic carbocycles. The summed E-state index contributed by atoms with van der Waals surface area (Å²) in [5.41, 5.74) is 0.602. The van der Waals surface area contributed by atoms with Crippen molar-refractivity contribution in [1.29, 1.82) is 0 Å². The van der Waals surface area contributed by atoms with Crippen LogP contribution in [0, 0.1) is 5.41 Å². The predicted octanol–water partition coefficient (Wildman–Crippen LogP) is 3.17. The number of hydrogen-bond donors (Lipinski definition) is 2. The van der Waals surface area contributed by atoms with Crippen molar-refractivity contribution in [2.24, 2.45) is 5.41 Å². The number of thiophene rings is 1. The second kappa shape index (κ2) is 11.8. The van der Waals surface area contributed by atoms with E-state index in [1.54, 1.807) is 7.11 Å². The highest BCUT2D eigenvalue weighted by atomic mass is 32.1. The van der Waals surface area contributed by atoms with Crippen molar-refractivity contribution in [3.63, 3.8) is 0 Å². The van der Waals surface area contributed by atoms with Gasteiger partial charge in [-0.05, 0) is 24.4 Å². The predicted molar refractivity (Wildman–Crippen MR) is 102 cm³/mol. The van der Waals surface area contributed by atoms with Crippen LogP contribution in [0.3, 0.4) is 0 Å². The summed E-state index contributed by atoms with van der Waals surface area (Å²) in [6, 6.07) is 4.40. The van der Waals surface area contributed by atoms with E-state index in [0.717, 1.165) is 19.7 Å². The van der Waals surface area contributed by atoms with Crippen LogP contribution in [-0.2, 0) is 20.9 Å². The number of carboxylic acids is 2. The van der Waals surface area contributed by atoms with E-state index in [-0.39, 0.29) is 0 Å². The molecule has 0 unspecified atom stereocenters. The summed E-state index contributed by atoms with van der Waals surface area (Å²) in [7, 11) is 1.79. The molecule has 2 aliphatic rings. The molecule has 0 amide bonds. The number of hydrogen-bond acceptors (Lipinski definition) is 6. The molecule has 0 aromatic carbocycles. The van der Waals surface area contributed by atoms with Gasteiger partial charge in [-0.3, -0.25) is 4.90 Å². The molecule has 0 radical (unpaired) electrons. The number of methoxy groups -OCH3 is 1. The largest absolute Gasteiger partial charge is 0.490 e. The lowest BCUT2D eigenvalue weighted by Crippen LogP contribution is -2.56. The number of halogens is 6. The average molecular weight is 494 g/mol. The van der Waals surface area contributed by atoms with E-state index in [2.05, 4.69) is 27.3 Å². The molecule has 14 heteroatoms. The Labute approximate surface area is 184 Å². The molecule has 0 saturated carbocycles. The van der Waals surface area contributed by atoms with E-state index in [1.807, 2.05) is 11.3 Å². The quantitative estimate of drug-likeness (QED) is 0.608. The Morgan fingerprint density at radius 3 is 1.97 bits per heavy atom. The normalized spacial score (nSPS) is 18.2. The molecule has 32 heavy (non-hydrogen) atoms. The van der Waals surface area contributed by atoms with E-state index >= 15 is 0 Å². The van der Waals surface area contributed by atoms with Crippen LogP contribution in [0.2, 0.25) is 0 Å². The third kappa shape index (κ3) is 9.71. The van der Waals surface area contributed by atoms with Gasteiger partial charge in [0.2, 0.25) is 0 Å². The van der Waals surface area contributed by atoms with Gasteiger partial charge in [0.1, 0.15) is 0 Å². The number of likely N-dealkylation sites (tertiary alicyclic amines) is 2. The molecular formula is C18H24F6N2O5S. The summed E-state index contributed by atoms with van der Waals surface area (Å²) < 4.78 is 68.6. The zero-order valence-electron chi connectivity index (χ0n) is 17.1. The zero-order chi connectivity index (χ0) is 24.6. The number of carboxylic acid groups (broad SMARTS) is 2. The van der Waals surface area contributed by atoms with Crippen molar-refractivity contribution in [3.8, 4) is 0 Å². The van der Waals surface area contributed by atoms with Crippen LogP contribution in [0.5, 0.6) is 0 Å². The molecule has 2 saturated heterocycles. The molecule has 3 rings (SSSR count). The minimum atomic E-state index is -5.08. The first kappa shape index (κ1) is 28.1. The first-order valence-electron chi connectivity index (χ1n) is 9.25. The van der Waals surface area contributed by atoms with Gasteiger partial charge < -0.3 is 19.8 Å². The van der Waals surface area contributed by atoms with Crippen molar-refractivity contribution in [2.45, 2.75) is 25.3 Å². The Kier molecular flexibility index (Phi) is 10.4. The molecule has 2 aliphatic heterocycles. The van der Waals surface area contributed by atoms with Crippen molar-refractivity contribution in [1.82, 2.24) is 9.80 Å². The van der Waals surface area contributed by atoms with Crippen LogP contribution >= 0.6 is 11.3 Å². The number of rotatable bonds is 5. The monoisotopic (exact) mass is 494 g/mol. The van der Waals surface area contributed by atoms with Crippen LogP contribution < -0.4 is 0 Å². The molecule has 2 N–H and O–H groups in total. The van der Waals surface area contributed by atoms with E-state index in [4.69, 9.17) is 24.5 Å². The number of carbonyl (C=O) groups is 2. The maximum absolute atomic E-state index is 10.6. The number of nitrogens with zero attached hydrogens (tertiary/aromatic N) is 2. The third-order valence-corrected chi connectivity index (χ3v) is 5.55. The van der Waals surface area contributed by atoms with E-state index in [1.165, 1.54) is 37.5 Å². The van der Waals surface area contributed by atoms with Crippen LogP contribution in [0.1, 0.15) is 11.3 Å². The van der Waals surface area contributed by atoms with Gasteiger partial charge in [-0.25, -0.2) is 9.59 Å². The number of alkyl halides is 6. The van der Waals surface area contributed by atoms with Crippen molar-refractivity contribution in [2.75, 3.05) is 46.4 Å². The van der Waals surface area contributed by atoms with Crippen LogP contribution in [0.25, 0.3) is 0 Å². The first-order chi connectivity index (χ1) is 14.7. The van der Waals surface area contributed by atoms with Crippen molar-refractivity contribution >= 4 is 23.3 Å². The first-order valence-corrected chi connectivity index (χ1v) is 10.1. The zero-order valence-corrected chi connectivity index (χ0v) is 17.9. The van der Waals surface area contributed by atoms with E-state index in [0.29, 0.717) is 5.41 Å². The second-order valence-corrected chi connectivity index (χ2v) is 8.38. The molecule has 3 heterocycles. The van der Waals surface area contributed by atoms with Gasteiger partial charge in [0.25, 0.3) is 0 Å². The van der Waals surface area contributed by atoms with Crippen molar-refractivity contribution in [3.05, 3.63) is 22.4 Å². The summed E-state index contributed by atoms with van der Waals surface area (Å²) in [4.78, 5) is 24.4. The fourth-order valence-electron chi connectivity index (χ4n) is 3.33. The average Bonchev–Trinajstić information content (AvgIpc) is 3.29. The molecule has 184 valence electrons. The Hall–Kier alpha value is -1.90. The lowest BCUT2D eigenvalue weighted by Gasteiger charge is -2.48. The summed E-state index contributed by atoms with van der Waals surface area (Å²) >= 11 is 1.87. The Balaban J connectivity index is 0.000000305. The molecular weight excluding hydrogens is 470 g/mol. The number of aliphatic carboxylic acids is 2. The third-order valence-electron chi connectivity index (χ3n) is 4.69. The van der Waals surface area contributed by atoms with Gasteiger partial charge in [-0.15, -0.1) is 11.3 Å². The molecule has 2 fully saturated rings. The smallest absolute Gasteiger partial charge is 0.475 e. The van der Waals surface area contributed by atoms with Crippen LogP contribution in [0.4, 0.5) is 26.3 Å². The van der Waals surface area contributed by atoms with Gasteiger partial charge in [0, 0.05) is 50.1 Å². The Morgan fingerprint density at radius 2 is 1.56 bits per heavy atom. The second-order valence-electron chi connectivity index (χ2n) is 7.35. The Bertz CT molecular complexity index is 696. The molecule has 1 aromatic rings. The van der Waals surface area contributed by atoms with Gasteiger partial charge >= 0.3 is 24.3 Å². The highest BCUT2D eigenvalue weighted by Crippen LogP contribution is 2.40. The SMILES string of the molecule is COCCN1CCC2(C1)CN(Cc1cccs1)C2.O=C(O)C(F)(F)F.O=C(O)C(F)(F)F. The highest BCUT2D eigenvalue weighted by Gasteiger charge is 2.47. The van der Waals surface area contributed by atoms with E-state index < -0.39 is 24.3 Å². The van der Waals surface area contributed by atoms with Gasteiger partial charge in [0.05, 0.1) is 6.61 Å².